The molecule has 0 spiro atoms. The lowest BCUT2D eigenvalue weighted by molar-refractivity contribution is 0.0915. The van der Waals surface area contributed by atoms with E-state index in [0.29, 0.717) is 11.1 Å². The summed E-state index contributed by atoms with van der Waals surface area (Å²) in [6, 6.07) is 20.4. The Morgan fingerprint density at radius 2 is 1.32 bits per heavy atom. The van der Waals surface area contributed by atoms with Crippen LogP contribution in [0, 0.1) is 13.8 Å². The molecule has 3 rings (SSSR count). The largest absolute Gasteiger partial charge is 0.485 e. The second-order valence-corrected chi connectivity index (χ2v) is 6.53. The summed E-state index contributed by atoms with van der Waals surface area (Å²) in [5.41, 5.74) is 1.95. The molecule has 0 amide bonds. The molecule has 0 heterocycles. The van der Waals surface area contributed by atoms with E-state index < -0.39 is 11.2 Å². The van der Waals surface area contributed by atoms with Gasteiger partial charge < -0.3 is 4.74 Å². The predicted octanol–water partition coefficient (Wildman–Crippen LogP) is 4.16. The highest BCUT2D eigenvalue weighted by Gasteiger charge is 2.20. The van der Waals surface area contributed by atoms with E-state index in [1.807, 2.05) is 13.0 Å². The Labute approximate surface area is 163 Å². The van der Waals surface area contributed by atoms with Gasteiger partial charge in [-0.3, -0.25) is 14.4 Å². The zero-order valence-corrected chi connectivity index (χ0v) is 15.8. The summed E-state index contributed by atoms with van der Waals surface area (Å²) in [7, 11) is 0. The first-order valence-electron chi connectivity index (χ1n) is 8.93. The summed E-state index contributed by atoms with van der Waals surface area (Å²) < 4.78 is 5.70. The topological polar surface area (TPSA) is 60.4 Å². The molecule has 0 radical (unpaired) electrons. The van der Waals surface area contributed by atoms with Gasteiger partial charge in [0.05, 0.1) is 0 Å². The third-order valence-corrected chi connectivity index (χ3v) is 4.53. The van der Waals surface area contributed by atoms with E-state index in [4.69, 9.17) is 4.74 Å². The van der Waals surface area contributed by atoms with Gasteiger partial charge in [0.25, 0.3) is 0 Å². The normalized spacial score (nSPS) is 10.4. The Bertz CT molecular complexity index is 1070. The van der Waals surface area contributed by atoms with E-state index in [1.54, 1.807) is 67.6 Å². The number of rotatable bonds is 6. The van der Waals surface area contributed by atoms with Gasteiger partial charge in [-0.25, -0.2) is 0 Å². The summed E-state index contributed by atoms with van der Waals surface area (Å²) in [4.78, 5) is 38.2. The van der Waals surface area contributed by atoms with Crippen LogP contribution in [0.3, 0.4) is 0 Å². The molecule has 3 aromatic rings. The number of ether oxygens (including phenoxy) is 1. The van der Waals surface area contributed by atoms with Gasteiger partial charge in [-0.05, 0) is 37.1 Å². The molecule has 0 atom stereocenters. The highest BCUT2D eigenvalue weighted by atomic mass is 16.5. The molecule has 0 unspecified atom stereocenters. The number of benzene rings is 2. The van der Waals surface area contributed by atoms with Crippen molar-refractivity contribution >= 4 is 11.6 Å². The van der Waals surface area contributed by atoms with Crippen molar-refractivity contribution in [2.75, 3.05) is 6.61 Å². The molecular weight excluding hydrogens is 352 g/mol. The lowest BCUT2D eigenvalue weighted by Gasteiger charge is -2.09. The van der Waals surface area contributed by atoms with Crippen LogP contribution in [0.4, 0.5) is 0 Å². The van der Waals surface area contributed by atoms with E-state index >= 15 is 0 Å². The molecule has 0 bridgehead atoms. The number of hydrogen-bond donors (Lipinski definition) is 0. The molecule has 0 aliphatic carbocycles. The van der Waals surface area contributed by atoms with Crippen molar-refractivity contribution in [3.63, 3.8) is 0 Å². The highest BCUT2D eigenvalue weighted by Crippen LogP contribution is 2.21. The number of aryl methyl sites for hydroxylation is 2. The SMILES string of the molecule is Cc1cc(OCC(=O)c2ccccc2)c(C(=O)c2ccccc2)c(=O)cc1C. The molecule has 4 heteroatoms. The zero-order valence-electron chi connectivity index (χ0n) is 15.8. The highest BCUT2D eigenvalue weighted by molar-refractivity contribution is 6.10. The van der Waals surface area contributed by atoms with Crippen molar-refractivity contribution in [1.29, 1.82) is 0 Å². The Morgan fingerprint density at radius 1 is 0.786 bits per heavy atom. The summed E-state index contributed by atoms with van der Waals surface area (Å²) in [5, 5.41) is 0. The van der Waals surface area contributed by atoms with E-state index in [1.165, 1.54) is 6.07 Å². The van der Waals surface area contributed by atoms with Gasteiger partial charge in [-0.15, -0.1) is 0 Å². The molecule has 0 aromatic heterocycles. The summed E-state index contributed by atoms with van der Waals surface area (Å²) in [6.45, 7) is 3.37. The maximum absolute atomic E-state index is 13.0. The molecule has 0 aliphatic rings. The first-order chi connectivity index (χ1) is 13.5. The Hall–Kier alpha value is -3.53. The van der Waals surface area contributed by atoms with Crippen molar-refractivity contribution in [3.8, 4) is 5.75 Å². The molecule has 140 valence electrons. The second-order valence-electron chi connectivity index (χ2n) is 6.53. The van der Waals surface area contributed by atoms with Crippen LogP contribution in [-0.4, -0.2) is 18.2 Å². The van der Waals surface area contributed by atoms with Crippen molar-refractivity contribution < 1.29 is 14.3 Å². The summed E-state index contributed by atoms with van der Waals surface area (Å²) in [6.07, 6.45) is 0. The van der Waals surface area contributed by atoms with Crippen LogP contribution in [0.25, 0.3) is 0 Å². The van der Waals surface area contributed by atoms with Gasteiger partial charge in [-0.2, -0.15) is 0 Å². The average molecular weight is 372 g/mol. The number of ketones is 2. The number of Topliss-reactive ketones (excluding diaryl/α,β-unsaturated/α-hetero) is 1. The monoisotopic (exact) mass is 372 g/mol. The maximum atomic E-state index is 13.0. The Morgan fingerprint density at radius 3 is 1.93 bits per heavy atom. The predicted molar refractivity (Wildman–Crippen MR) is 108 cm³/mol. The van der Waals surface area contributed by atoms with Gasteiger partial charge in [0, 0.05) is 11.1 Å². The van der Waals surface area contributed by atoms with Crippen LogP contribution in [0.5, 0.6) is 5.75 Å². The fourth-order valence-corrected chi connectivity index (χ4v) is 2.81. The number of hydrogen-bond acceptors (Lipinski definition) is 4. The van der Waals surface area contributed by atoms with Crippen molar-refractivity contribution in [2.45, 2.75) is 13.8 Å². The quantitative estimate of drug-likeness (QED) is 0.610. The molecule has 0 N–H and O–H groups in total. The smallest absolute Gasteiger partial charge is 0.200 e. The van der Waals surface area contributed by atoms with Crippen LogP contribution in [0.15, 0.2) is 77.6 Å². The fourth-order valence-electron chi connectivity index (χ4n) is 2.81. The van der Waals surface area contributed by atoms with Gasteiger partial charge in [0.1, 0.15) is 11.3 Å². The average Bonchev–Trinajstić information content (AvgIpc) is 2.82. The second kappa shape index (κ2) is 8.44. The van der Waals surface area contributed by atoms with Gasteiger partial charge in [-0.1, -0.05) is 60.7 Å². The van der Waals surface area contributed by atoms with Gasteiger partial charge in [0.15, 0.2) is 17.8 Å². The fraction of sp³-hybridized carbons (Fsp3) is 0.125. The summed E-state index contributed by atoms with van der Waals surface area (Å²) >= 11 is 0. The zero-order chi connectivity index (χ0) is 20.1. The molecule has 0 aliphatic heterocycles. The third kappa shape index (κ3) is 4.23. The minimum absolute atomic E-state index is 0.0664. The minimum Gasteiger partial charge on any atom is -0.485 e. The van der Waals surface area contributed by atoms with Crippen LogP contribution < -0.4 is 10.2 Å². The molecule has 0 saturated carbocycles. The maximum Gasteiger partial charge on any atom is 0.200 e. The third-order valence-electron chi connectivity index (χ3n) is 4.53. The lowest BCUT2D eigenvalue weighted by Crippen LogP contribution is -2.18. The first-order valence-corrected chi connectivity index (χ1v) is 8.93. The number of carbonyl (C=O) groups is 2. The first kappa shape index (κ1) is 19.2. The van der Waals surface area contributed by atoms with Crippen LogP contribution in [-0.2, 0) is 0 Å². The lowest BCUT2D eigenvalue weighted by atomic mass is 10.0. The molecule has 3 aromatic carbocycles. The number of carbonyl (C=O) groups excluding carboxylic acids is 2. The van der Waals surface area contributed by atoms with Crippen LogP contribution in [0.2, 0.25) is 0 Å². The minimum atomic E-state index is -0.429. The van der Waals surface area contributed by atoms with E-state index in [0.717, 1.165) is 11.1 Å². The van der Waals surface area contributed by atoms with Crippen molar-refractivity contribution in [1.82, 2.24) is 0 Å². The van der Waals surface area contributed by atoms with Crippen molar-refractivity contribution in [3.05, 3.63) is 111 Å². The van der Waals surface area contributed by atoms with E-state index in [2.05, 4.69) is 0 Å². The van der Waals surface area contributed by atoms with E-state index in [-0.39, 0.29) is 23.7 Å². The molecule has 28 heavy (non-hydrogen) atoms. The molecular formula is C24H20O4. The molecule has 0 saturated heterocycles. The van der Waals surface area contributed by atoms with E-state index in [9.17, 15) is 14.4 Å². The molecule has 4 nitrogen and oxygen atoms in total. The Balaban J connectivity index is 2.02. The Kier molecular flexibility index (Phi) is 5.80. The van der Waals surface area contributed by atoms with Gasteiger partial charge >= 0.3 is 0 Å². The van der Waals surface area contributed by atoms with Crippen LogP contribution in [0.1, 0.15) is 37.4 Å². The summed E-state index contributed by atoms with van der Waals surface area (Å²) in [5.74, 6) is -0.538. The van der Waals surface area contributed by atoms with Crippen LogP contribution >= 0.6 is 0 Å². The van der Waals surface area contributed by atoms with Crippen molar-refractivity contribution in [2.24, 2.45) is 0 Å². The standard InChI is InChI=1S/C24H20O4/c1-16-13-20(25)23(24(27)19-11-7-4-8-12-19)22(14-17(16)2)28-15-21(26)18-9-5-3-6-10-18/h3-14H,15H2,1-2H3. The molecule has 0 fully saturated rings. The van der Waals surface area contributed by atoms with Gasteiger partial charge in [0.2, 0.25) is 5.78 Å².